The van der Waals surface area contributed by atoms with Gasteiger partial charge in [-0.15, -0.1) is 0 Å². The maximum absolute atomic E-state index is 13.0. The lowest BCUT2D eigenvalue weighted by molar-refractivity contribution is 0.0659. The third-order valence-corrected chi connectivity index (χ3v) is 6.68. The Balaban J connectivity index is 1.32. The zero-order chi connectivity index (χ0) is 25.1. The number of carbonyl (C=O) groups is 1. The largest absolute Gasteiger partial charge is 0.491 e. The van der Waals surface area contributed by atoms with Crippen molar-refractivity contribution < 1.29 is 9.53 Å². The molecule has 186 valence electrons. The second-order valence-corrected chi connectivity index (χ2v) is 9.45. The van der Waals surface area contributed by atoms with Gasteiger partial charge in [0.1, 0.15) is 17.3 Å². The van der Waals surface area contributed by atoms with Gasteiger partial charge in [0.05, 0.1) is 17.5 Å². The minimum atomic E-state index is 0.0592. The standard InChI is InChI=1S/C28H32N6O2/c1-4-19(2)36-22-7-9-29-25(18-22)24-8-10-30-27(32-24)16-20-5-6-23-21(15-20)17-26(31-23)28(35)34-13-11-33(3)12-14-34/h5-10,15,17-19,31H,4,11-14,16H2,1-3H3/t19-/m0/s1. The lowest BCUT2D eigenvalue weighted by Crippen LogP contribution is -2.47. The Morgan fingerprint density at radius 2 is 1.83 bits per heavy atom. The van der Waals surface area contributed by atoms with Crippen LogP contribution < -0.4 is 4.74 Å². The Labute approximate surface area is 211 Å². The average molecular weight is 485 g/mol. The van der Waals surface area contributed by atoms with Gasteiger partial charge in [0.25, 0.3) is 5.91 Å². The van der Waals surface area contributed by atoms with E-state index in [1.807, 2.05) is 35.2 Å². The number of piperazine rings is 1. The molecule has 1 atom stereocenters. The van der Waals surface area contributed by atoms with Crippen LogP contribution in [0.25, 0.3) is 22.3 Å². The molecule has 4 aromatic rings. The molecule has 3 aromatic heterocycles. The summed E-state index contributed by atoms with van der Waals surface area (Å²) in [6, 6.07) is 13.8. The van der Waals surface area contributed by atoms with E-state index in [1.54, 1.807) is 12.4 Å². The number of aromatic nitrogens is 4. The average Bonchev–Trinajstić information content (AvgIpc) is 3.32. The van der Waals surface area contributed by atoms with Gasteiger partial charge in [-0.3, -0.25) is 9.78 Å². The lowest BCUT2D eigenvalue weighted by atomic mass is 10.1. The van der Waals surface area contributed by atoms with Gasteiger partial charge in [0.15, 0.2) is 0 Å². The predicted octanol–water partition coefficient (Wildman–Crippen LogP) is 4.18. The van der Waals surface area contributed by atoms with Crippen LogP contribution >= 0.6 is 0 Å². The number of carbonyl (C=O) groups excluding carboxylic acids is 1. The lowest BCUT2D eigenvalue weighted by Gasteiger charge is -2.32. The zero-order valence-corrected chi connectivity index (χ0v) is 21.1. The Morgan fingerprint density at radius 3 is 2.64 bits per heavy atom. The monoisotopic (exact) mass is 484 g/mol. The Kier molecular flexibility index (Phi) is 6.95. The summed E-state index contributed by atoms with van der Waals surface area (Å²) >= 11 is 0. The molecule has 1 N–H and O–H groups in total. The number of hydrogen-bond acceptors (Lipinski definition) is 6. The van der Waals surface area contributed by atoms with Gasteiger partial charge in [-0.25, -0.2) is 9.97 Å². The van der Waals surface area contributed by atoms with Gasteiger partial charge < -0.3 is 19.5 Å². The Hall–Kier alpha value is -3.78. The van der Waals surface area contributed by atoms with Crippen molar-refractivity contribution in [2.24, 2.45) is 0 Å². The van der Waals surface area contributed by atoms with Crippen molar-refractivity contribution in [1.82, 2.24) is 29.7 Å². The van der Waals surface area contributed by atoms with Crippen molar-refractivity contribution in [3.05, 3.63) is 71.9 Å². The highest BCUT2D eigenvalue weighted by Crippen LogP contribution is 2.23. The topological polar surface area (TPSA) is 87.2 Å². The molecule has 1 amide bonds. The summed E-state index contributed by atoms with van der Waals surface area (Å²) < 4.78 is 5.94. The number of likely N-dealkylation sites (N-methyl/N-ethyl adjacent to an activating group) is 1. The third-order valence-electron chi connectivity index (χ3n) is 6.68. The number of ether oxygens (including phenoxy) is 1. The van der Waals surface area contributed by atoms with E-state index in [-0.39, 0.29) is 12.0 Å². The molecule has 5 rings (SSSR count). The van der Waals surface area contributed by atoms with Crippen molar-refractivity contribution in [2.45, 2.75) is 32.8 Å². The number of nitrogens with one attached hydrogen (secondary N) is 1. The van der Waals surface area contributed by atoms with Gasteiger partial charge in [-0.1, -0.05) is 13.0 Å². The molecule has 1 aromatic carbocycles. The smallest absolute Gasteiger partial charge is 0.270 e. The van der Waals surface area contributed by atoms with E-state index in [0.29, 0.717) is 17.9 Å². The first-order chi connectivity index (χ1) is 17.5. The third kappa shape index (κ3) is 5.39. The quantitative estimate of drug-likeness (QED) is 0.424. The number of H-pyrrole nitrogens is 1. The molecular formula is C28H32N6O2. The number of hydrogen-bond donors (Lipinski definition) is 1. The SMILES string of the molecule is CC[C@H](C)Oc1ccnc(-c2ccnc(Cc3ccc4[nH]c(C(=O)N5CCN(C)CC5)cc4c3)n2)c1. The highest BCUT2D eigenvalue weighted by molar-refractivity contribution is 5.98. The van der Waals surface area contributed by atoms with E-state index in [4.69, 9.17) is 9.72 Å². The van der Waals surface area contributed by atoms with Crippen molar-refractivity contribution in [3.8, 4) is 17.1 Å². The van der Waals surface area contributed by atoms with Crippen LogP contribution in [0, 0.1) is 0 Å². The number of pyridine rings is 1. The summed E-state index contributed by atoms with van der Waals surface area (Å²) in [6.07, 6.45) is 5.17. The highest BCUT2D eigenvalue weighted by atomic mass is 16.5. The van der Waals surface area contributed by atoms with Crippen LogP contribution in [-0.4, -0.2) is 75.0 Å². The Morgan fingerprint density at radius 1 is 1.03 bits per heavy atom. The van der Waals surface area contributed by atoms with Crippen molar-refractivity contribution in [3.63, 3.8) is 0 Å². The van der Waals surface area contributed by atoms with Gasteiger partial charge in [0.2, 0.25) is 0 Å². The highest BCUT2D eigenvalue weighted by Gasteiger charge is 2.21. The number of aromatic amines is 1. The fourth-order valence-electron chi connectivity index (χ4n) is 4.34. The summed E-state index contributed by atoms with van der Waals surface area (Å²) in [5.41, 5.74) is 4.19. The predicted molar refractivity (Wildman–Crippen MR) is 140 cm³/mol. The maximum Gasteiger partial charge on any atom is 0.270 e. The fourth-order valence-corrected chi connectivity index (χ4v) is 4.34. The summed E-state index contributed by atoms with van der Waals surface area (Å²) in [5.74, 6) is 1.56. The number of amides is 1. The molecule has 1 aliphatic rings. The Bertz CT molecular complexity index is 1360. The van der Waals surface area contributed by atoms with E-state index in [2.05, 4.69) is 52.9 Å². The van der Waals surface area contributed by atoms with Crippen LogP contribution in [0.1, 0.15) is 42.1 Å². The van der Waals surface area contributed by atoms with Crippen molar-refractivity contribution in [2.75, 3.05) is 33.2 Å². The van der Waals surface area contributed by atoms with Crippen LogP contribution in [0.5, 0.6) is 5.75 Å². The molecule has 0 saturated carbocycles. The number of benzene rings is 1. The second-order valence-electron chi connectivity index (χ2n) is 9.45. The van der Waals surface area contributed by atoms with Gasteiger partial charge >= 0.3 is 0 Å². The molecule has 1 saturated heterocycles. The zero-order valence-electron chi connectivity index (χ0n) is 21.1. The van der Waals surface area contributed by atoms with Crippen LogP contribution in [-0.2, 0) is 6.42 Å². The molecule has 0 bridgehead atoms. The first-order valence-electron chi connectivity index (χ1n) is 12.5. The van der Waals surface area contributed by atoms with Gasteiger partial charge in [0, 0.05) is 62.0 Å². The van der Waals surface area contributed by atoms with Crippen molar-refractivity contribution >= 4 is 16.8 Å². The van der Waals surface area contributed by atoms with E-state index in [1.165, 1.54) is 0 Å². The van der Waals surface area contributed by atoms with E-state index >= 15 is 0 Å². The summed E-state index contributed by atoms with van der Waals surface area (Å²) in [6.45, 7) is 7.46. The molecule has 8 heteroatoms. The summed E-state index contributed by atoms with van der Waals surface area (Å²) in [5, 5.41) is 1.01. The molecule has 0 spiro atoms. The molecule has 1 aliphatic heterocycles. The van der Waals surface area contributed by atoms with Gasteiger partial charge in [-0.05, 0) is 56.3 Å². The van der Waals surface area contributed by atoms with Crippen molar-refractivity contribution in [1.29, 1.82) is 0 Å². The number of rotatable bonds is 7. The van der Waals surface area contributed by atoms with Crippen LogP contribution in [0.15, 0.2) is 54.9 Å². The molecule has 0 unspecified atom stereocenters. The molecule has 8 nitrogen and oxygen atoms in total. The maximum atomic E-state index is 13.0. The first kappa shape index (κ1) is 23.9. The minimum Gasteiger partial charge on any atom is -0.491 e. The van der Waals surface area contributed by atoms with Crippen LogP contribution in [0.4, 0.5) is 0 Å². The molecule has 36 heavy (non-hydrogen) atoms. The van der Waals surface area contributed by atoms with E-state index in [0.717, 1.165) is 66.2 Å². The normalized spacial score (nSPS) is 15.2. The van der Waals surface area contributed by atoms with E-state index < -0.39 is 0 Å². The van der Waals surface area contributed by atoms with Gasteiger partial charge in [-0.2, -0.15) is 0 Å². The number of fused-ring (bicyclic) bond motifs is 1. The number of nitrogens with zero attached hydrogens (tertiary/aromatic N) is 5. The molecule has 0 aliphatic carbocycles. The van der Waals surface area contributed by atoms with Crippen LogP contribution in [0.3, 0.4) is 0 Å². The van der Waals surface area contributed by atoms with Crippen LogP contribution in [0.2, 0.25) is 0 Å². The summed E-state index contributed by atoms with van der Waals surface area (Å²) in [4.78, 5) is 34.1. The molecular weight excluding hydrogens is 452 g/mol. The van der Waals surface area contributed by atoms with E-state index in [9.17, 15) is 4.79 Å². The first-order valence-corrected chi connectivity index (χ1v) is 12.5. The summed E-state index contributed by atoms with van der Waals surface area (Å²) in [7, 11) is 2.09. The second kappa shape index (κ2) is 10.5. The molecule has 0 radical (unpaired) electrons. The molecule has 1 fully saturated rings. The molecule has 4 heterocycles. The minimum absolute atomic E-state index is 0.0592. The fraction of sp³-hybridized carbons (Fsp3) is 0.357.